The summed E-state index contributed by atoms with van der Waals surface area (Å²) in [4.78, 5) is 2.41. The molecule has 0 saturated carbocycles. The van der Waals surface area contributed by atoms with Crippen molar-refractivity contribution in [2.24, 2.45) is 11.8 Å². The van der Waals surface area contributed by atoms with E-state index in [2.05, 4.69) is 200 Å². The van der Waals surface area contributed by atoms with Gasteiger partial charge in [0.15, 0.2) is 0 Å². The molecule has 0 saturated heterocycles. The topological polar surface area (TPSA) is 3.24 Å². The Morgan fingerprint density at radius 1 is 0.692 bits per heavy atom. The van der Waals surface area contributed by atoms with Crippen LogP contribution in [0, 0.1) is 11.8 Å². The fourth-order valence-corrected chi connectivity index (χ4v) is 13.1. The van der Waals surface area contributed by atoms with E-state index in [0.29, 0.717) is 11.8 Å². The fourth-order valence-electron chi connectivity index (χ4n) is 11.4. The maximum absolute atomic E-state index is 3.94. The molecule has 5 aromatic rings. The van der Waals surface area contributed by atoms with Crippen LogP contribution >= 0.6 is 11.3 Å². The first-order valence-corrected chi connectivity index (χ1v) is 26.0. The fraction of sp³-hybridized carbons (Fsp3) is 0.387. The van der Waals surface area contributed by atoms with Gasteiger partial charge in [0, 0.05) is 22.9 Å². The van der Waals surface area contributed by atoms with Crippen molar-refractivity contribution in [2.75, 3.05) is 4.90 Å². The van der Waals surface area contributed by atoms with Crippen LogP contribution < -0.4 is 15.1 Å². The third-order valence-electron chi connectivity index (χ3n) is 14.5. The molecule has 338 valence electrons. The van der Waals surface area contributed by atoms with Gasteiger partial charge in [0.05, 0.1) is 0 Å². The maximum atomic E-state index is 3.94. The lowest BCUT2D eigenvalue weighted by molar-refractivity contribution is 0.368. The molecule has 0 aliphatic heterocycles. The van der Waals surface area contributed by atoms with Gasteiger partial charge in [0.25, 0.3) is 0 Å². The maximum Gasteiger partial charge on any atom is 0.228 e. The van der Waals surface area contributed by atoms with Crippen molar-refractivity contribution < 1.29 is 0 Å². The molecule has 0 N–H and O–H groups in total. The molecule has 0 radical (unpaired) electrons. The monoisotopic (exact) mass is 878 g/mol. The molecule has 0 bridgehead atoms. The number of hydrogen-bond acceptors (Lipinski definition) is 2. The molecule has 2 aliphatic carbocycles. The zero-order valence-electron chi connectivity index (χ0n) is 41.1. The van der Waals surface area contributed by atoms with E-state index in [9.17, 15) is 0 Å². The summed E-state index contributed by atoms with van der Waals surface area (Å²) < 4.78 is 1.42. The molecule has 4 aromatic carbocycles. The van der Waals surface area contributed by atoms with Crippen molar-refractivity contribution in [1.29, 1.82) is 0 Å². The van der Waals surface area contributed by atoms with Crippen molar-refractivity contribution >= 4 is 44.6 Å². The summed E-state index contributed by atoms with van der Waals surface area (Å²) >= 11 is 1.98. The second-order valence-electron chi connectivity index (χ2n) is 20.2. The van der Waals surface area contributed by atoms with Gasteiger partial charge in [-0.05, 0) is 98.9 Å². The Kier molecular flexibility index (Phi) is 16.3. The van der Waals surface area contributed by atoms with E-state index in [-0.39, 0.29) is 17.4 Å². The Balaban J connectivity index is 1.50. The van der Waals surface area contributed by atoms with Gasteiger partial charge in [-0.25, -0.2) is 0 Å². The Labute approximate surface area is 399 Å². The minimum atomic E-state index is -0.0959. The number of allylic oxidation sites excluding steroid dienone is 8. The van der Waals surface area contributed by atoms with Crippen LogP contribution in [0.25, 0.3) is 27.8 Å². The number of rotatable bonds is 21. The van der Waals surface area contributed by atoms with Crippen LogP contribution in [0.3, 0.4) is 0 Å². The first-order chi connectivity index (χ1) is 31.6. The molecule has 3 heteroatoms. The quantitative estimate of drug-likeness (QED) is 0.0307. The Bertz CT molecular complexity index is 2440. The zero-order valence-corrected chi connectivity index (χ0v) is 42.0. The van der Waals surface area contributed by atoms with E-state index < -0.39 is 0 Å². The summed E-state index contributed by atoms with van der Waals surface area (Å²) in [6.45, 7) is 23.6. The molecular formula is C62H76BNS. The van der Waals surface area contributed by atoms with E-state index in [1.807, 2.05) is 23.5 Å². The van der Waals surface area contributed by atoms with Gasteiger partial charge in [-0.3, -0.25) is 0 Å². The largest absolute Gasteiger partial charge is 0.308 e. The number of hydrogen-bond donors (Lipinski definition) is 0. The molecule has 2 atom stereocenters. The van der Waals surface area contributed by atoms with Crippen LogP contribution in [0.4, 0.5) is 10.7 Å². The second-order valence-corrected chi connectivity index (χ2v) is 21.2. The third-order valence-corrected chi connectivity index (χ3v) is 15.8. The zero-order chi connectivity index (χ0) is 46.0. The minimum Gasteiger partial charge on any atom is -0.308 e. The Hall–Kier alpha value is -4.86. The van der Waals surface area contributed by atoms with Gasteiger partial charge in [0.2, 0.25) is 6.71 Å². The standard InChI is InChI=1S/C62H76BNS/c1-10-13-16-19-30-41-62(42-31-20-17-14-11-2)54-45-51(39-40-53(54)55-47(5)44-46(4)48(6)58(55)62)63(61(7,8)9)59-56(49-33-24-21-25-34-49)57(50-35-26-22-27-36-50)60(65-59)64(43-32-18-15-12-3)52-37-28-23-29-38-52/h12,15,18,21-29,32-40,43-45,47-48H,3,10-11,13-14,16-17,19-20,30-31,41-42H2,1-2,4-9H3/b18-15-,43-32-. The van der Waals surface area contributed by atoms with E-state index >= 15 is 0 Å². The van der Waals surface area contributed by atoms with E-state index in [1.165, 1.54) is 120 Å². The highest BCUT2D eigenvalue weighted by atomic mass is 32.1. The number of anilines is 2. The van der Waals surface area contributed by atoms with Crippen LogP contribution in [0.5, 0.6) is 0 Å². The Morgan fingerprint density at radius 2 is 1.26 bits per heavy atom. The van der Waals surface area contributed by atoms with Gasteiger partial charge in [-0.1, -0.05) is 252 Å². The lowest BCUT2D eigenvalue weighted by Crippen LogP contribution is -2.49. The van der Waals surface area contributed by atoms with Crippen molar-refractivity contribution in [3.63, 3.8) is 0 Å². The lowest BCUT2D eigenvalue weighted by atomic mass is 9.30. The first-order valence-electron chi connectivity index (χ1n) is 25.2. The molecular weight excluding hydrogens is 802 g/mol. The van der Waals surface area contributed by atoms with Crippen LogP contribution in [0.2, 0.25) is 5.31 Å². The number of thiophene rings is 1. The van der Waals surface area contributed by atoms with Crippen LogP contribution in [0.15, 0.2) is 163 Å². The summed E-state index contributed by atoms with van der Waals surface area (Å²) in [5, 5.41) is 1.13. The van der Waals surface area contributed by atoms with E-state index in [4.69, 9.17) is 0 Å². The summed E-state index contributed by atoms with van der Waals surface area (Å²) in [6, 6.07) is 41.2. The molecule has 2 unspecified atom stereocenters. The molecule has 1 heterocycles. The molecule has 1 aromatic heterocycles. The van der Waals surface area contributed by atoms with Crippen molar-refractivity contribution in [3.8, 4) is 22.3 Å². The van der Waals surface area contributed by atoms with Gasteiger partial charge in [-0.15, -0.1) is 11.3 Å². The number of nitrogens with zero attached hydrogens (tertiary/aromatic N) is 1. The normalized spacial score (nSPS) is 16.8. The molecule has 0 fully saturated rings. The first kappa shape index (κ1) is 48.1. The molecule has 65 heavy (non-hydrogen) atoms. The molecule has 2 aliphatic rings. The SMILES string of the molecule is C=C/C=C\C=C/N(c1ccccc1)c1sc(B(c2ccc3c(c2)C(CCCCCCC)(CCCCCCC)C2=C3C(C)C=C(C)C2C)C(C)(C)C)c(-c2ccccc2)c1-c1ccccc1. The van der Waals surface area contributed by atoms with E-state index in [1.54, 1.807) is 22.3 Å². The minimum absolute atomic E-state index is 0.0522. The van der Waals surface area contributed by atoms with Crippen LogP contribution in [-0.2, 0) is 5.41 Å². The molecule has 7 rings (SSSR count). The highest BCUT2D eigenvalue weighted by Gasteiger charge is 2.49. The molecule has 1 nitrogen and oxygen atoms in total. The average Bonchev–Trinajstić information content (AvgIpc) is 3.82. The van der Waals surface area contributed by atoms with Gasteiger partial charge < -0.3 is 4.90 Å². The third kappa shape index (κ3) is 10.4. The summed E-state index contributed by atoms with van der Waals surface area (Å²) in [7, 11) is 0. The number of fused-ring (bicyclic) bond motifs is 2. The van der Waals surface area contributed by atoms with Gasteiger partial charge in [-0.2, -0.15) is 0 Å². The molecule has 0 spiro atoms. The summed E-state index contributed by atoms with van der Waals surface area (Å²) in [5.41, 5.74) is 15.9. The predicted octanol–water partition coefficient (Wildman–Crippen LogP) is 17.8. The smallest absolute Gasteiger partial charge is 0.228 e. The number of unbranched alkanes of at least 4 members (excludes halogenated alkanes) is 8. The number of para-hydroxylation sites is 1. The Morgan fingerprint density at radius 3 is 1.83 bits per heavy atom. The van der Waals surface area contributed by atoms with Crippen LogP contribution in [0.1, 0.15) is 144 Å². The van der Waals surface area contributed by atoms with E-state index in [0.717, 1.165) is 5.69 Å². The van der Waals surface area contributed by atoms with Gasteiger partial charge in [0.1, 0.15) is 5.00 Å². The highest BCUT2D eigenvalue weighted by molar-refractivity contribution is 7.30. The van der Waals surface area contributed by atoms with Crippen LogP contribution in [-0.4, -0.2) is 6.71 Å². The van der Waals surface area contributed by atoms with Crippen molar-refractivity contribution in [3.05, 3.63) is 175 Å². The van der Waals surface area contributed by atoms with Gasteiger partial charge >= 0.3 is 0 Å². The summed E-state index contributed by atoms with van der Waals surface area (Å²) in [5.74, 6) is 0.876. The molecule has 0 amide bonds. The lowest BCUT2D eigenvalue weighted by Gasteiger charge is -2.40. The average molecular weight is 878 g/mol. The van der Waals surface area contributed by atoms with Crippen molar-refractivity contribution in [1.82, 2.24) is 0 Å². The van der Waals surface area contributed by atoms with Crippen molar-refractivity contribution in [2.45, 2.75) is 143 Å². The predicted molar refractivity (Wildman–Crippen MR) is 291 cm³/mol. The summed E-state index contributed by atoms with van der Waals surface area (Å²) in [6.07, 6.45) is 28.5. The highest BCUT2D eigenvalue weighted by Crippen LogP contribution is 2.59. The second kappa shape index (κ2) is 22.1. The number of benzene rings is 4.